The molecule has 0 aliphatic rings. The van der Waals surface area contributed by atoms with Crippen LogP contribution in [0.25, 0.3) is 0 Å². The molecule has 0 saturated carbocycles. The van der Waals surface area contributed by atoms with Crippen molar-refractivity contribution >= 4 is 17.5 Å². The highest BCUT2D eigenvalue weighted by molar-refractivity contribution is 6.05. The van der Waals surface area contributed by atoms with Gasteiger partial charge in [0, 0.05) is 29.9 Å². The third kappa shape index (κ3) is 3.98. The van der Waals surface area contributed by atoms with Crippen LogP contribution in [-0.4, -0.2) is 29.8 Å². The van der Waals surface area contributed by atoms with E-state index in [2.05, 4.69) is 5.32 Å². The molecule has 0 aliphatic carbocycles. The third-order valence-electron chi connectivity index (χ3n) is 3.85. The van der Waals surface area contributed by atoms with Gasteiger partial charge in [-0.05, 0) is 56.7 Å². The van der Waals surface area contributed by atoms with Gasteiger partial charge in [0.2, 0.25) is 0 Å². The topological polar surface area (TPSA) is 49.4 Å². The molecular weight excluding hydrogens is 307 g/mol. The Hall–Kier alpha value is -2.69. The number of nitrogens with zero attached hydrogens (tertiary/aromatic N) is 1. The van der Waals surface area contributed by atoms with Crippen LogP contribution < -0.4 is 5.32 Å². The van der Waals surface area contributed by atoms with Crippen molar-refractivity contribution in [1.29, 1.82) is 0 Å². The van der Waals surface area contributed by atoms with Crippen molar-refractivity contribution in [2.45, 2.75) is 20.8 Å². The van der Waals surface area contributed by atoms with Crippen LogP contribution in [0.1, 0.15) is 40.1 Å². The normalized spacial score (nSPS) is 10.3. The van der Waals surface area contributed by atoms with Gasteiger partial charge in [-0.25, -0.2) is 4.39 Å². The molecule has 0 radical (unpaired) electrons. The zero-order valence-corrected chi connectivity index (χ0v) is 14.1. The highest BCUT2D eigenvalue weighted by Crippen LogP contribution is 2.15. The Morgan fingerprint density at radius 1 is 1.04 bits per heavy atom. The summed E-state index contributed by atoms with van der Waals surface area (Å²) in [7, 11) is 0. The molecule has 24 heavy (non-hydrogen) atoms. The van der Waals surface area contributed by atoms with Gasteiger partial charge < -0.3 is 10.2 Å². The van der Waals surface area contributed by atoms with E-state index >= 15 is 0 Å². The first-order valence-corrected chi connectivity index (χ1v) is 7.93. The molecule has 0 bridgehead atoms. The molecule has 0 unspecified atom stereocenters. The first-order chi connectivity index (χ1) is 11.5. The number of hydrogen-bond donors (Lipinski definition) is 1. The molecule has 2 aromatic rings. The number of hydrogen-bond acceptors (Lipinski definition) is 2. The van der Waals surface area contributed by atoms with E-state index in [4.69, 9.17) is 0 Å². The lowest BCUT2D eigenvalue weighted by Crippen LogP contribution is -2.30. The predicted molar refractivity (Wildman–Crippen MR) is 92.8 cm³/mol. The average molecular weight is 328 g/mol. The van der Waals surface area contributed by atoms with Gasteiger partial charge in [0.15, 0.2) is 0 Å². The lowest BCUT2D eigenvalue weighted by Gasteiger charge is -2.19. The van der Waals surface area contributed by atoms with Crippen LogP contribution in [-0.2, 0) is 0 Å². The molecule has 1 N–H and O–H groups in total. The Balaban J connectivity index is 2.18. The second-order valence-corrected chi connectivity index (χ2v) is 5.48. The van der Waals surface area contributed by atoms with Gasteiger partial charge in [0.05, 0.1) is 0 Å². The SMILES string of the molecule is CCN(CC)C(=O)c1cccc(NC(=O)c2ccc(C)c(F)c2)c1. The summed E-state index contributed by atoms with van der Waals surface area (Å²) >= 11 is 0. The summed E-state index contributed by atoms with van der Waals surface area (Å²) < 4.78 is 13.6. The van der Waals surface area contributed by atoms with E-state index in [0.717, 1.165) is 0 Å². The summed E-state index contributed by atoms with van der Waals surface area (Å²) in [5, 5.41) is 2.70. The zero-order valence-electron chi connectivity index (χ0n) is 14.1. The van der Waals surface area contributed by atoms with Gasteiger partial charge in [0.25, 0.3) is 11.8 Å². The van der Waals surface area contributed by atoms with E-state index in [1.807, 2.05) is 13.8 Å². The fourth-order valence-corrected chi connectivity index (χ4v) is 2.36. The van der Waals surface area contributed by atoms with E-state index in [0.29, 0.717) is 29.9 Å². The molecule has 0 saturated heterocycles. The maximum absolute atomic E-state index is 13.6. The first kappa shape index (κ1) is 17.7. The molecule has 4 nitrogen and oxygen atoms in total. The maximum Gasteiger partial charge on any atom is 0.255 e. The van der Waals surface area contributed by atoms with E-state index < -0.39 is 11.7 Å². The quantitative estimate of drug-likeness (QED) is 0.906. The van der Waals surface area contributed by atoms with Gasteiger partial charge in [-0.15, -0.1) is 0 Å². The smallest absolute Gasteiger partial charge is 0.255 e. The van der Waals surface area contributed by atoms with E-state index in [9.17, 15) is 14.0 Å². The Morgan fingerprint density at radius 2 is 1.75 bits per heavy atom. The van der Waals surface area contributed by atoms with Crippen molar-refractivity contribution < 1.29 is 14.0 Å². The fourth-order valence-electron chi connectivity index (χ4n) is 2.36. The molecule has 0 aliphatic heterocycles. The van der Waals surface area contributed by atoms with Crippen molar-refractivity contribution in [3.63, 3.8) is 0 Å². The maximum atomic E-state index is 13.6. The van der Waals surface area contributed by atoms with Crippen LogP contribution in [0.3, 0.4) is 0 Å². The molecule has 0 atom stereocenters. The number of carbonyl (C=O) groups is 2. The zero-order chi connectivity index (χ0) is 17.7. The van der Waals surface area contributed by atoms with Crippen LogP contribution in [0.4, 0.5) is 10.1 Å². The summed E-state index contributed by atoms with van der Waals surface area (Å²) in [5.41, 5.74) is 1.72. The second-order valence-electron chi connectivity index (χ2n) is 5.48. The largest absolute Gasteiger partial charge is 0.339 e. The van der Waals surface area contributed by atoms with Gasteiger partial charge in [-0.3, -0.25) is 9.59 Å². The van der Waals surface area contributed by atoms with Crippen LogP contribution >= 0.6 is 0 Å². The number of halogens is 1. The fraction of sp³-hybridized carbons (Fsp3) is 0.263. The lowest BCUT2D eigenvalue weighted by molar-refractivity contribution is 0.0772. The summed E-state index contributed by atoms with van der Waals surface area (Å²) in [6, 6.07) is 11.1. The molecule has 2 amide bonds. The molecule has 126 valence electrons. The molecule has 0 aromatic heterocycles. The number of aryl methyl sites for hydroxylation is 1. The van der Waals surface area contributed by atoms with Gasteiger partial charge >= 0.3 is 0 Å². The first-order valence-electron chi connectivity index (χ1n) is 7.93. The number of anilines is 1. The number of amides is 2. The van der Waals surface area contributed by atoms with Crippen LogP contribution in [0.2, 0.25) is 0 Å². The molecular formula is C19H21FN2O2. The minimum absolute atomic E-state index is 0.0857. The minimum Gasteiger partial charge on any atom is -0.339 e. The highest BCUT2D eigenvalue weighted by atomic mass is 19.1. The number of nitrogens with one attached hydrogen (secondary N) is 1. The van der Waals surface area contributed by atoms with E-state index in [1.54, 1.807) is 48.2 Å². The molecule has 2 aromatic carbocycles. The lowest BCUT2D eigenvalue weighted by atomic mass is 10.1. The van der Waals surface area contributed by atoms with Crippen LogP contribution in [0, 0.1) is 12.7 Å². The average Bonchev–Trinajstić information content (AvgIpc) is 2.58. The standard InChI is InChI=1S/C19H21FN2O2/c1-4-22(5-2)19(24)15-7-6-8-16(11-15)21-18(23)14-10-9-13(3)17(20)12-14/h6-12H,4-5H2,1-3H3,(H,21,23). The van der Waals surface area contributed by atoms with Gasteiger partial charge in [-0.1, -0.05) is 12.1 Å². The third-order valence-corrected chi connectivity index (χ3v) is 3.85. The van der Waals surface area contributed by atoms with E-state index in [-0.39, 0.29) is 11.5 Å². The molecule has 0 heterocycles. The van der Waals surface area contributed by atoms with Crippen molar-refractivity contribution in [3.8, 4) is 0 Å². The summed E-state index contributed by atoms with van der Waals surface area (Å²) in [5.74, 6) is -0.924. The number of rotatable bonds is 5. The molecule has 0 spiro atoms. The van der Waals surface area contributed by atoms with Gasteiger partial charge in [0.1, 0.15) is 5.82 Å². The number of benzene rings is 2. The molecule has 5 heteroatoms. The monoisotopic (exact) mass is 328 g/mol. The van der Waals surface area contributed by atoms with Crippen molar-refractivity contribution in [1.82, 2.24) is 4.90 Å². The van der Waals surface area contributed by atoms with Crippen molar-refractivity contribution in [2.75, 3.05) is 18.4 Å². The summed E-state index contributed by atoms with van der Waals surface area (Å²) in [6.07, 6.45) is 0. The minimum atomic E-state index is -0.423. The predicted octanol–water partition coefficient (Wildman–Crippen LogP) is 3.87. The van der Waals surface area contributed by atoms with E-state index in [1.165, 1.54) is 6.07 Å². The Morgan fingerprint density at radius 3 is 2.38 bits per heavy atom. The number of carbonyl (C=O) groups excluding carboxylic acids is 2. The molecule has 0 fully saturated rings. The summed E-state index contributed by atoms with van der Waals surface area (Å²) in [4.78, 5) is 26.3. The Kier molecular flexibility index (Phi) is 5.68. The van der Waals surface area contributed by atoms with Crippen molar-refractivity contribution in [3.05, 3.63) is 65.0 Å². The Labute approximate surface area is 141 Å². The second kappa shape index (κ2) is 7.73. The van der Waals surface area contributed by atoms with Crippen LogP contribution in [0.5, 0.6) is 0 Å². The molecule has 2 rings (SSSR count). The van der Waals surface area contributed by atoms with Gasteiger partial charge in [-0.2, -0.15) is 0 Å². The summed E-state index contributed by atoms with van der Waals surface area (Å²) in [6.45, 7) is 6.71. The highest BCUT2D eigenvalue weighted by Gasteiger charge is 2.14. The Bertz CT molecular complexity index is 755. The van der Waals surface area contributed by atoms with Crippen LogP contribution in [0.15, 0.2) is 42.5 Å². The van der Waals surface area contributed by atoms with Crippen molar-refractivity contribution in [2.24, 2.45) is 0 Å².